The Morgan fingerprint density at radius 2 is 1.13 bits per heavy atom. The molecule has 0 spiro atoms. The highest BCUT2D eigenvalue weighted by Gasteiger charge is 2.23. The number of aromatic nitrogens is 3. The average Bonchev–Trinajstić information content (AvgIpc) is 3.78. The van der Waals surface area contributed by atoms with Gasteiger partial charge in [0.2, 0.25) is 0 Å². The minimum absolute atomic E-state index is 0.855. The molecule has 0 atom stereocenters. The third-order valence-corrected chi connectivity index (χ3v) is 11.8. The van der Waals surface area contributed by atoms with Gasteiger partial charge in [0.15, 0.2) is 5.82 Å². The number of hydrogen-bond donors (Lipinski definition) is 0. The van der Waals surface area contributed by atoms with E-state index in [0.717, 1.165) is 43.8 Å². The van der Waals surface area contributed by atoms with Crippen molar-refractivity contribution >= 4 is 107 Å². The third kappa shape index (κ3) is 3.61. The summed E-state index contributed by atoms with van der Waals surface area (Å²) in [6, 6.07) is 50.5. The van der Waals surface area contributed by atoms with Crippen molar-refractivity contribution in [2.45, 2.75) is 0 Å². The van der Waals surface area contributed by atoms with Crippen molar-refractivity contribution in [3.63, 3.8) is 0 Å². The van der Waals surface area contributed by atoms with Gasteiger partial charge in [-0.25, -0.2) is 9.97 Å². The Kier molecular flexibility index (Phi) is 5.14. The number of hydrogen-bond acceptors (Lipinski definition) is 4. The lowest BCUT2D eigenvalue weighted by molar-refractivity contribution is 1.09. The topological polar surface area (TPSA) is 30.7 Å². The summed E-state index contributed by atoms with van der Waals surface area (Å²) in [4.78, 5) is 12.0. The maximum absolute atomic E-state index is 5.54. The molecule has 5 heteroatoms. The fraction of sp³-hybridized carbons (Fsp3) is 0. The van der Waals surface area contributed by atoms with Crippen molar-refractivity contribution in [2.24, 2.45) is 0 Å². The maximum atomic E-state index is 5.54. The van der Waals surface area contributed by atoms with Gasteiger partial charge in [0.05, 0.1) is 11.0 Å². The largest absolute Gasteiger partial charge is 0.292 e. The van der Waals surface area contributed by atoms with Gasteiger partial charge >= 0.3 is 0 Å². The van der Waals surface area contributed by atoms with Gasteiger partial charge in [-0.05, 0) is 64.0 Å². The van der Waals surface area contributed by atoms with E-state index in [2.05, 4.69) is 144 Å². The molecule has 0 aliphatic rings. The van der Waals surface area contributed by atoms with Crippen LogP contribution in [0, 0.1) is 0 Å². The van der Waals surface area contributed by atoms with Crippen LogP contribution in [0.5, 0.6) is 0 Å². The molecule has 0 saturated heterocycles. The number of rotatable bonds is 2. The molecular weight excluding hydrogens is 611 g/mol. The summed E-state index contributed by atoms with van der Waals surface area (Å²) >= 11 is 3.55. The maximum Gasteiger partial charge on any atom is 0.166 e. The van der Waals surface area contributed by atoms with Gasteiger partial charge in [-0.2, -0.15) is 0 Å². The van der Waals surface area contributed by atoms with E-state index >= 15 is 0 Å². The van der Waals surface area contributed by atoms with Crippen LogP contribution in [-0.2, 0) is 0 Å². The van der Waals surface area contributed by atoms with E-state index in [-0.39, 0.29) is 0 Å². The third-order valence-electron chi connectivity index (χ3n) is 9.58. The molecular formula is C42H23N3S2. The van der Waals surface area contributed by atoms with Gasteiger partial charge in [-0.3, -0.25) is 4.57 Å². The van der Waals surface area contributed by atoms with Crippen molar-refractivity contribution in [1.82, 2.24) is 14.5 Å². The highest BCUT2D eigenvalue weighted by atomic mass is 32.1. The Morgan fingerprint density at radius 1 is 0.447 bits per heavy atom. The summed E-state index contributed by atoms with van der Waals surface area (Å²) in [6.07, 6.45) is 0. The zero-order valence-corrected chi connectivity index (χ0v) is 26.6. The second kappa shape index (κ2) is 9.46. The molecule has 0 amide bonds. The molecule has 218 valence electrons. The molecule has 3 nitrogen and oxygen atoms in total. The molecule has 4 aromatic heterocycles. The van der Waals surface area contributed by atoms with Crippen LogP contribution >= 0.6 is 22.7 Å². The number of nitrogens with zero attached hydrogens (tertiary/aromatic N) is 3. The van der Waals surface area contributed by atoms with Crippen molar-refractivity contribution < 1.29 is 0 Å². The van der Waals surface area contributed by atoms with Gasteiger partial charge in [-0.1, -0.05) is 97.1 Å². The first-order valence-corrected chi connectivity index (χ1v) is 17.4. The van der Waals surface area contributed by atoms with Crippen molar-refractivity contribution in [1.29, 1.82) is 0 Å². The monoisotopic (exact) mass is 633 g/mol. The summed E-state index contributed by atoms with van der Waals surface area (Å²) in [5.74, 6) is 0.855. The van der Waals surface area contributed by atoms with E-state index in [4.69, 9.17) is 9.97 Å². The number of thiophene rings is 2. The number of benzene rings is 7. The quantitative estimate of drug-likeness (QED) is 0.190. The Hall–Kier alpha value is -5.62. The fourth-order valence-corrected chi connectivity index (χ4v) is 9.54. The lowest BCUT2D eigenvalue weighted by Gasteiger charge is -2.13. The standard InChI is InChI=1S/C42H23N3S2/c1-2-11-26-23-34-32(21-25(26)10-1)38-28-12-4-3-9-24(28)17-19-33(38)45(34)41-39(43-40-30-14-6-8-16-36(30)47-42(40)44-41)27-18-20-37-31(22-27)29-13-5-7-15-35(29)46-37/h1-23H. The summed E-state index contributed by atoms with van der Waals surface area (Å²) in [5.41, 5.74) is 5.17. The smallest absolute Gasteiger partial charge is 0.166 e. The van der Waals surface area contributed by atoms with Gasteiger partial charge in [0.25, 0.3) is 0 Å². The van der Waals surface area contributed by atoms with Gasteiger partial charge in [-0.15, -0.1) is 22.7 Å². The summed E-state index contributed by atoms with van der Waals surface area (Å²) in [5, 5.41) is 11.1. The molecule has 7 aromatic carbocycles. The molecule has 0 N–H and O–H groups in total. The van der Waals surface area contributed by atoms with E-state index in [1.54, 1.807) is 11.3 Å². The van der Waals surface area contributed by atoms with Gasteiger partial charge in [0, 0.05) is 46.6 Å². The molecule has 11 rings (SSSR count). The van der Waals surface area contributed by atoms with Crippen LogP contribution in [0.4, 0.5) is 0 Å². The van der Waals surface area contributed by atoms with Crippen molar-refractivity contribution in [2.75, 3.05) is 0 Å². The van der Waals surface area contributed by atoms with E-state index in [1.165, 1.54) is 57.2 Å². The Labute approximate surface area is 276 Å². The first-order valence-electron chi connectivity index (χ1n) is 15.7. The molecule has 0 radical (unpaired) electrons. The fourth-order valence-electron chi connectivity index (χ4n) is 7.44. The minimum Gasteiger partial charge on any atom is -0.292 e. The molecule has 4 heterocycles. The van der Waals surface area contributed by atoms with Crippen LogP contribution in [0.25, 0.3) is 101 Å². The van der Waals surface area contributed by atoms with Crippen LogP contribution in [0.1, 0.15) is 0 Å². The summed E-state index contributed by atoms with van der Waals surface area (Å²) in [7, 11) is 0. The zero-order chi connectivity index (χ0) is 30.6. The molecule has 0 aliphatic heterocycles. The minimum atomic E-state index is 0.855. The predicted octanol–water partition coefficient (Wildman–Crippen LogP) is 12.3. The van der Waals surface area contributed by atoms with Crippen molar-refractivity contribution in [3.05, 3.63) is 140 Å². The lowest BCUT2D eigenvalue weighted by Crippen LogP contribution is -2.03. The van der Waals surface area contributed by atoms with Crippen LogP contribution in [0.3, 0.4) is 0 Å². The second-order valence-electron chi connectivity index (χ2n) is 12.2. The summed E-state index contributed by atoms with van der Waals surface area (Å²) in [6.45, 7) is 0. The zero-order valence-electron chi connectivity index (χ0n) is 24.9. The van der Waals surface area contributed by atoms with Gasteiger partial charge in [0.1, 0.15) is 16.0 Å². The molecule has 0 aliphatic carbocycles. The van der Waals surface area contributed by atoms with Crippen LogP contribution in [0.2, 0.25) is 0 Å². The Morgan fingerprint density at radius 3 is 1.98 bits per heavy atom. The van der Waals surface area contributed by atoms with E-state index in [0.29, 0.717) is 0 Å². The Balaban J connectivity index is 1.33. The molecule has 0 bridgehead atoms. The van der Waals surface area contributed by atoms with Crippen LogP contribution < -0.4 is 0 Å². The van der Waals surface area contributed by atoms with Crippen LogP contribution in [-0.4, -0.2) is 14.5 Å². The van der Waals surface area contributed by atoms with E-state index in [1.807, 2.05) is 11.3 Å². The van der Waals surface area contributed by atoms with Gasteiger partial charge < -0.3 is 0 Å². The van der Waals surface area contributed by atoms with Crippen molar-refractivity contribution in [3.8, 4) is 17.1 Å². The molecule has 0 saturated carbocycles. The number of fused-ring (bicyclic) bond motifs is 12. The molecule has 0 unspecified atom stereocenters. The SMILES string of the molecule is c1ccc2cc3c(cc2c1)c1c2ccccc2ccc1n3-c1nc2sc3ccccc3c2nc1-c1ccc2sc3ccccc3c2c1. The highest BCUT2D eigenvalue weighted by Crippen LogP contribution is 2.43. The Bertz CT molecular complexity index is 3090. The normalized spacial score (nSPS) is 12.3. The first-order chi connectivity index (χ1) is 23.3. The molecule has 47 heavy (non-hydrogen) atoms. The lowest BCUT2D eigenvalue weighted by atomic mass is 10.0. The highest BCUT2D eigenvalue weighted by molar-refractivity contribution is 7.26. The average molecular weight is 634 g/mol. The second-order valence-corrected chi connectivity index (χ2v) is 14.3. The van der Waals surface area contributed by atoms with Crippen LogP contribution in [0.15, 0.2) is 140 Å². The molecule has 11 aromatic rings. The molecule has 0 fully saturated rings. The predicted molar refractivity (Wildman–Crippen MR) is 203 cm³/mol. The summed E-state index contributed by atoms with van der Waals surface area (Å²) < 4.78 is 6.14. The van der Waals surface area contributed by atoms with E-state index in [9.17, 15) is 0 Å². The van der Waals surface area contributed by atoms with E-state index < -0.39 is 0 Å². The first kappa shape index (κ1) is 25.6.